The summed E-state index contributed by atoms with van der Waals surface area (Å²) >= 11 is 0. The molecule has 0 spiro atoms. The number of H-pyrrole nitrogens is 1. The van der Waals surface area contributed by atoms with Gasteiger partial charge in [0.1, 0.15) is 0 Å². The summed E-state index contributed by atoms with van der Waals surface area (Å²) in [5.74, 6) is -0.637. The van der Waals surface area contributed by atoms with Crippen LogP contribution in [0.1, 0.15) is 27.9 Å². The lowest BCUT2D eigenvalue weighted by Gasteiger charge is -2.06. The SMILES string of the molecule is O=C(NCc1ccc(C(F)F)cc1)c1c[nH]c(=O)c([N+](=O)[O-])c1. The highest BCUT2D eigenvalue weighted by atomic mass is 19.3. The number of pyridine rings is 1. The second-order valence-corrected chi connectivity index (χ2v) is 4.58. The maximum atomic E-state index is 12.4. The fraction of sp³-hybridized carbons (Fsp3) is 0.143. The third kappa shape index (κ3) is 3.96. The highest BCUT2D eigenvalue weighted by Gasteiger charge is 2.16. The molecule has 7 nitrogen and oxygen atoms in total. The van der Waals surface area contributed by atoms with E-state index < -0.39 is 28.5 Å². The largest absolute Gasteiger partial charge is 0.348 e. The van der Waals surface area contributed by atoms with E-state index in [0.717, 1.165) is 12.3 Å². The van der Waals surface area contributed by atoms with Gasteiger partial charge in [0.15, 0.2) is 0 Å². The van der Waals surface area contributed by atoms with E-state index in [1.54, 1.807) is 0 Å². The monoisotopic (exact) mass is 323 g/mol. The van der Waals surface area contributed by atoms with Crippen LogP contribution in [0.5, 0.6) is 0 Å². The van der Waals surface area contributed by atoms with Crippen LogP contribution in [0.15, 0.2) is 41.3 Å². The average molecular weight is 323 g/mol. The fourth-order valence-corrected chi connectivity index (χ4v) is 1.80. The summed E-state index contributed by atoms with van der Waals surface area (Å²) in [6.45, 7) is 0.0509. The molecule has 0 aliphatic heterocycles. The molecule has 1 amide bonds. The van der Waals surface area contributed by atoms with E-state index in [1.165, 1.54) is 24.3 Å². The molecule has 0 radical (unpaired) electrons. The summed E-state index contributed by atoms with van der Waals surface area (Å²) < 4.78 is 24.8. The van der Waals surface area contributed by atoms with Crippen molar-refractivity contribution in [3.63, 3.8) is 0 Å². The van der Waals surface area contributed by atoms with Crippen molar-refractivity contribution in [2.45, 2.75) is 13.0 Å². The lowest BCUT2D eigenvalue weighted by Crippen LogP contribution is -2.24. The number of alkyl halides is 2. The maximum Gasteiger partial charge on any atom is 0.334 e. The Labute approximate surface area is 128 Å². The number of rotatable bonds is 5. The van der Waals surface area contributed by atoms with Crippen LogP contribution in [0, 0.1) is 10.1 Å². The van der Waals surface area contributed by atoms with E-state index in [2.05, 4.69) is 10.3 Å². The molecular weight excluding hydrogens is 312 g/mol. The summed E-state index contributed by atoms with van der Waals surface area (Å²) in [5, 5.41) is 13.1. The third-order valence-electron chi connectivity index (χ3n) is 3.03. The quantitative estimate of drug-likeness (QED) is 0.649. The molecule has 23 heavy (non-hydrogen) atoms. The highest BCUT2D eigenvalue weighted by molar-refractivity contribution is 5.94. The molecule has 120 valence electrons. The minimum absolute atomic E-state index is 0.0509. The summed E-state index contributed by atoms with van der Waals surface area (Å²) in [7, 11) is 0. The molecule has 1 heterocycles. The van der Waals surface area contributed by atoms with Crippen LogP contribution in [0.2, 0.25) is 0 Å². The van der Waals surface area contributed by atoms with Gasteiger partial charge in [0.2, 0.25) is 0 Å². The molecule has 2 rings (SSSR count). The minimum atomic E-state index is -2.57. The third-order valence-corrected chi connectivity index (χ3v) is 3.03. The zero-order valence-corrected chi connectivity index (χ0v) is 11.6. The number of benzene rings is 1. The Kier molecular flexibility index (Phi) is 4.79. The highest BCUT2D eigenvalue weighted by Crippen LogP contribution is 2.18. The molecule has 0 saturated carbocycles. The normalized spacial score (nSPS) is 10.6. The number of halogens is 2. The standard InChI is InChI=1S/C14H11F2N3O4/c15-12(16)9-3-1-8(2-4-9)6-17-13(20)10-5-11(19(22)23)14(21)18-7-10/h1-5,7,12H,6H2,(H,17,20)(H,18,21). The van der Waals surface area contributed by atoms with Gasteiger partial charge < -0.3 is 10.3 Å². The van der Waals surface area contributed by atoms with Crippen LogP contribution in [-0.4, -0.2) is 15.8 Å². The molecule has 2 N–H and O–H groups in total. The molecule has 1 aromatic heterocycles. The first-order chi connectivity index (χ1) is 10.9. The van der Waals surface area contributed by atoms with Crippen LogP contribution in [0.3, 0.4) is 0 Å². The Morgan fingerprint density at radius 1 is 1.30 bits per heavy atom. The van der Waals surface area contributed by atoms with Gasteiger partial charge in [0, 0.05) is 24.4 Å². The number of amides is 1. The molecule has 9 heteroatoms. The Morgan fingerprint density at radius 3 is 2.52 bits per heavy atom. The van der Waals surface area contributed by atoms with Crippen molar-refractivity contribution in [2.75, 3.05) is 0 Å². The number of carbonyl (C=O) groups is 1. The van der Waals surface area contributed by atoms with Gasteiger partial charge in [-0.2, -0.15) is 0 Å². The topological polar surface area (TPSA) is 105 Å². The van der Waals surface area contributed by atoms with Gasteiger partial charge in [-0.25, -0.2) is 8.78 Å². The molecule has 2 aromatic rings. The number of hydrogen-bond donors (Lipinski definition) is 2. The number of carbonyl (C=O) groups excluding carboxylic acids is 1. The van der Waals surface area contributed by atoms with Gasteiger partial charge in [-0.3, -0.25) is 19.7 Å². The Morgan fingerprint density at radius 2 is 1.96 bits per heavy atom. The van der Waals surface area contributed by atoms with Crippen molar-refractivity contribution >= 4 is 11.6 Å². The molecule has 0 unspecified atom stereocenters. The lowest BCUT2D eigenvalue weighted by molar-refractivity contribution is -0.386. The summed E-state index contributed by atoms with van der Waals surface area (Å²) in [6.07, 6.45) is -1.51. The Balaban J connectivity index is 2.06. The van der Waals surface area contributed by atoms with Crippen molar-refractivity contribution in [1.29, 1.82) is 0 Å². The molecule has 0 saturated heterocycles. The first-order valence-corrected chi connectivity index (χ1v) is 6.41. The zero-order valence-electron chi connectivity index (χ0n) is 11.6. The van der Waals surface area contributed by atoms with E-state index in [-0.39, 0.29) is 17.7 Å². The predicted octanol–water partition coefficient (Wildman–Crippen LogP) is 2.15. The summed E-state index contributed by atoms with van der Waals surface area (Å²) in [4.78, 5) is 35.0. The number of hydrogen-bond acceptors (Lipinski definition) is 4. The number of nitrogens with one attached hydrogen (secondary N) is 2. The second kappa shape index (κ2) is 6.77. The summed E-state index contributed by atoms with van der Waals surface area (Å²) in [6, 6.07) is 6.25. The van der Waals surface area contributed by atoms with Gasteiger partial charge in [-0.15, -0.1) is 0 Å². The second-order valence-electron chi connectivity index (χ2n) is 4.58. The predicted molar refractivity (Wildman–Crippen MR) is 76.3 cm³/mol. The van der Waals surface area contributed by atoms with E-state index in [4.69, 9.17) is 0 Å². The molecular formula is C14H11F2N3O4. The molecule has 0 bridgehead atoms. The van der Waals surface area contributed by atoms with Gasteiger partial charge >= 0.3 is 11.2 Å². The lowest BCUT2D eigenvalue weighted by atomic mass is 10.1. The Hall–Kier alpha value is -3.10. The van der Waals surface area contributed by atoms with Crippen LogP contribution in [0.25, 0.3) is 0 Å². The van der Waals surface area contributed by atoms with E-state index >= 15 is 0 Å². The number of aromatic nitrogens is 1. The molecule has 0 fully saturated rings. The number of nitro groups is 1. The van der Waals surface area contributed by atoms with Crippen LogP contribution in [-0.2, 0) is 6.54 Å². The summed E-state index contributed by atoms with van der Waals surface area (Å²) in [5.41, 5.74) is -1.27. The van der Waals surface area contributed by atoms with E-state index in [1.807, 2.05) is 0 Å². The molecule has 1 aromatic carbocycles. The van der Waals surface area contributed by atoms with E-state index in [0.29, 0.717) is 5.56 Å². The van der Waals surface area contributed by atoms with Crippen molar-refractivity contribution in [2.24, 2.45) is 0 Å². The van der Waals surface area contributed by atoms with Gasteiger partial charge in [-0.05, 0) is 5.56 Å². The van der Waals surface area contributed by atoms with Crippen LogP contribution in [0.4, 0.5) is 14.5 Å². The van der Waals surface area contributed by atoms with Crippen LogP contribution < -0.4 is 10.9 Å². The van der Waals surface area contributed by atoms with Crippen molar-refractivity contribution < 1.29 is 18.5 Å². The van der Waals surface area contributed by atoms with Gasteiger partial charge in [0.25, 0.3) is 12.3 Å². The van der Waals surface area contributed by atoms with Gasteiger partial charge in [0.05, 0.1) is 10.5 Å². The smallest absolute Gasteiger partial charge is 0.334 e. The maximum absolute atomic E-state index is 12.4. The number of aromatic amines is 1. The number of nitrogens with zero attached hydrogens (tertiary/aromatic N) is 1. The Bertz CT molecular complexity index is 787. The van der Waals surface area contributed by atoms with Crippen molar-refractivity contribution in [3.8, 4) is 0 Å². The van der Waals surface area contributed by atoms with Crippen LogP contribution >= 0.6 is 0 Å². The van der Waals surface area contributed by atoms with E-state index in [9.17, 15) is 28.5 Å². The first kappa shape index (κ1) is 16.3. The molecule has 0 aliphatic carbocycles. The zero-order chi connectivity index (χ0) is 17.0. The molecule has 0 atom stereocenters. The fourth-order valence-electron chi connectivity index (χ4n) is 1.80. The average Bonchev–Trinajstić information content (AvgIpc) is 2.53. The minimum Gasteiger partial charge on any atom is -0.348 e. The van der Waals surface area contributed by atoms with Crippen molar-refractivity contribution in [3.05, 3.63) is 73.7 Å². The molecule has 0 aliphatic rings. The van der Waals surface area contributed by atoms with Crippen molar-refractivity contribution in [1.82, 2.24) is 10.3 Å². The first-order valence-electron chi connectivity index (χ1n) is 6.41. The van der Waals surface area contributed by atoms with Gasteiger partial charge in [-0.1, -0.05) is 24.3 Å².